The third-order valence-electron chi connectivity index (χ3n) is 3.10. The molecular weight excluding hydrogens is 293 g/mol. The molecule has 1 atom stereocenters. The minimum Gasteiger partial charge on any atom is -0.271 e. The lowest BCUT2D eigenvalue weighted by Crippen LogP contribution is -2.29. The van der Waals surface area contributed by atoms with E-state index in [9.17, 15) is 0 Å². The first-order valence-electron chi connectivity index (χ1n) is 6.51. The summed E-state index contributed by atoms with van der Waals surface area (Å²) in [6, 6.07) is 9.69. The average molecular weight is 310 g/mol. The highest BCUT2D eigenvalue weighted by Gasteiger charge is 2.17. The molecule has 0 saturated heterocycles. The van der Waals surface area contributed by atoms with Crippen LogP contribution in [0.3, 0.4) is 0 Å². The second-order valence-corrected chi connectivity index (χ2v) is 5.46. The second kappa shape index (κ2) is 7.04. The molecule has 0 amide bonds. The van der Waals surface area contributed by atoms with Gasteiger partial charge in [-0.15, -0.1) is 0 Å². The lowest BCUT2D eigenvalue weighted by molar-refractivity contribution is 0.620. The first-order valence-corrected chi connectivity index (χ1v) is 7.27. The van der Waals surface area contributed by atoms with Crippen molar-refractivity contribution in [1.29, 1.82) is 0 Å². The van der Waals surface area contributed by atoms with Crippen molar-refractivity contribution in [3.8, 4) is 0 Å². The third kappa shape index (κ3) is 3.49. The number of hydrazine groups is 1. The van der Waals surface area contributed by atoms with Crippen LogP contribution in [0.25, 0.3) is 0 Å². The highest BCUT2D eigenvalue weighted by molar-refractivity contribution is 6.34. The normalized spacial score (nSPS) is 12.4. The number of aryl methyl sites for hydroxylation is 1. The number of aromatic nitrogens is 1. The minimum absolute atomic E-state index is 0.253. The van der Waals surface area contributed by atoms with E-state index in [-0.39, 0.29) is 6.04 Å². The molecule has 1 unspecified atom stereocenters. The van der Waals surface area contributed by atoms with Crippen LogP contribution in [0.4, 0.5) is 0 Å². The Morgan fingerprint density at radius 1 is 1.30 bits per heavy atom. The summed E-state index contributed by atoms with van der Waals surface area (Å²) in [6.45, 7) is 2.16. The zero-order valence-electron chi connectivity index (χ0n) is 11.2. The van der Waals surface area contributed by atoms with Crippen molar-refractivity contribution in [2.45, 2.75) is 25.8 Å². The van der Waals surface area contributed by atoms with Crippen LogP contribution in [-0.4, -0.2) is 4.98 Å². The summed E-state index contributed by atoms with van der Waals surface area (Å²) in [5.41, 5.74) is 5.76. The summed E-state index contributed by atoms with van der Waals surface area (Å²) in [7, 11) is 0. The van der Waals surface area contributed by atoms with Crippen LogP contribution in [0.15, 0.2) is 36.5 Å². The number of hydrogen-bond donors (Lipinski definition) is 2. The molecule has 0 saturated carbocycles. The quantitative estimate of drug-likeness (QED) is 0.650. The van der Waals surface area contributed by atoms with Crippen molar-refractivity contribution in [1.82, 2.24) is 10.4 Å². The number of nitrogens with zero attached hydrogens (tertiary/aromatic N) is 1. The van der Waals surface area contributed by atoms with Gasteiger partial charge in [0.1, 0.15) is 0 Å². The number of nitrogens with one attached hydrogen (secondary N) is 1. The fourth-order valence-electron chi connectivity index (χ4n) is 2.19. The number of hydrogen-bond acceptors (Lipinski definition) is 3. The molecule has 2 rings (SSSR count). The van der Waals surface area contributed by atoms with Gasteiger partial charge >= 0.3 is 0 Å². The summed E-state index contributed by atoms with van der Waals surface area (Å²) >= 11 is 12.1. The van der Waals surface area contributed by atoms with E-state index in [2.05, 4.69) is 29.5 Å². The Morgan fingerprint density at radius 3 is 2.75 bits per heavy atom. The molecule has 0 aliphatic heterocycles. The number of nitrogens with two attached hydrogens (primary N) is 1. The monoisotopic (exact) mass is 309 g/mol. The molecule has 1 aromatic carbocycles. The van der Waals surface area contributed by atoms with Crippen molar-refractivity contribution >= 4 is 23.2 Å². The van der Waals surface area contributed by atoms with Gasteiger partial charge in [0.15, 0.2) is 0 Å². The first-order chi connectivity index (χ1) is 9.65. The fourth-order valence-corrected chi connectivity index (χ4v) is 2.68. The van der Waals surface area contributed by atoms with E-state index in [1.165, 1.54) is 5.56 Å². The van der Waals surface area contributed by atoms with Gasteiger partial charge in [-0.05, 0) is 23.6 Å². The van der Waals surface area contributed by atoms with Crippen LogP contribution in [0.1, 0.15) is 36.2 Å². The van der Waals surface area contributed by atoms with E-state index < -0.39 is 0 Å². The molecule has 1 aromatic heterocycles. The van der Waals surface area contributed by atoms with Gasteiger partial charge < -0.3 is 0 Å². The number of pyridine rings is 1. The molecule has 2 aromatic rings. The molecule has 5 heteroatoms. The molecule has 3 nitrogen and oxygen atoms in total. The smallest absolute Gasteiger partial charge is 0.0896 e. The second-order valence-electron chi connectivity index (χ2n) is 4.62. The van der Waals surface area contributed by atoms with Gasteiger partial charge in [0, 0.05) is 6.20 Å². The van der Waals surface area contributed by atoms with Crippen LogP contribution < -0.4 is 11.3 Å². The largest absolute Gasteiger partial charge is 0.271 e. The molecule has 0 aliphatic rings. The Labute approximate surface area is 129 Å². The van der Waals surface area contributed by atoms with Crippen LogP contribution in [0, 0.1) is 0 Å². The standard InChI is InChI=1S/C15H17Cl2N3/c1-2-4-10-5-3-6-11(7-10)14(20-18)15-13(17)8-12(16)9-19-15/h3,5-9,14,20H,2,4,18H2,1H3. The van der Waals surface area contributed by atoms with E-state index in [0.717, 1.165) is 18.4 Å². The maximum atomic E-state index is 6.21. The molecule has 106 valence electrons. The van der Waals surface area contributed by atoms with Gasteiger partial charge in [0.25, 0.3) is 0 Å². The van der Waals surface area contributed by atoms with Crippen molar-refractivity contribution in [3.05, 3.63) is 63.4 Å². The molecular formula is C15H17Cl2N3. The molecule has 0 fully saturated rings. The van der Waals surface area contributed by atoms with Gasteiger partial charge in [-0.3, -0.25) is 10.8 Å². The first kappa shape index (κ1) is 15.3. The Balaban J connectivity index is 2.38. The molecule has 3 N–H and O–H groups in total. The predicted molar refractivity (Wildman–Crippen MR) is 83.9 cm³/mol. The molecule has 0 bridgehead atoms. The van der Waals surface area contributed by atoms with E-state index in [1.54, 1.807) is 12.3 Å². The van der Waals surface area contributed by atoms with E-state index in [4.69, 9.17) is 29.0 Å². The Bertz CT molecular complexity index is 587. The zero-order chi connectivity index (χ0) is 14.5. The van der Waals surface area contributed by atoms with E-state index in [0.29, 0.717) is 15.7 Å². The van der Waals surface area contributed by atoms with E-state index >= 15 is 0 Å². The number of rotatable bonds is 5. The van der Waals surface area contributed by atoms with Gasteiger partial charge in [-0.1, -0.05) is 60.8 Å². The van der Waals surface area contributed by atoms with Gasteiger partial charge in [-0.2, -0.15) is 0 Å². The predicted octanol–water partition coefficient (Wildman–Crippen LogP) is 3.89. The number of halogens is 2. The van der Waals surface area contributed by atoms with Crippen LogP contribution >= 0.6 is 23.2 Å². The van der Waals surface area contributed by atoms with Crippen molar-refractivity contribution in [2.24, 2.45) is 5.84 Å². The SMILES string of the molecule is CCCc1cccc(C(NN)c2ncc(Cl)cc2Cl)c1. The van der Waals surface area contributed by atoms with Crippen LogP contribution in [0.2, 0.25) is 10.0 Å². The van der Waals surface area contributed by atoms with Crippen molar-refractivity contribution < 1.29 is 0 Å². The topological polar surface area (TPSA) is 50.9 Å². The zero-order valence-corrected chi connectivity index (χ0v) is 12.7. The third-order valence-corrected chi connectivity index (χ3v) is 3.61. The highest BCUT2D eigenvalue weighted by Crippen LogP contribution is 2.28. The van der Waals surface area contributed by atoms with Crippen LogP contribution in [0.5, 0.6) is 0 Å². The molecule has 0 radical (unpaired) electrons. The average Bonchev–Trinajstić information content (AvgIpc) is 2.43. The fraction of sp³-hybridized carbons (Fsp3) is 0.267. The molecule has 0 spiro atoms. The number of benzene rings is 1. The Hall–Kier alpha value is -1.13. The van der Waals surface area contributed by atoms with E-state index in [1.807, 2.05) is 12.1 Å². The molecule has 1 heterocycles. The van der Waals surface area contributed by atoms with Gasteiger partial charge in [-0.25, -0.2) is 5.43 Å². The lowest BCUT2D eigenvalue weighted by atomic mass is 9.99. The minimum atomic E-state index is -0.253. The summed E-state index contributed by atoms with van der Waals surface area (Å²) in [4.78, 5) is 4.29. The van der Waals surface area contributed by atoms with Crippen LogP contribution in [-0.2, 0) is 6.42 Å². The Morgan fingerprint density at radius 2 is 2.10 bits per heavy atom. The summed E-state index contributed by atoms with van der Waals surface area (Å²) in [5, 5.41) is 1.01. The summed E-state index contributed by atoms with van der Waals surface area (Å²) in [6.07, 6.45) is 3.71. The van der Waals surface area contributed by atoms with Crippen molar-refractivity contribution in [2.75, 3.05) is 0 Å². The summed E-state index contributed by atoms with van der Waals surface area (Å²) in [5.74, 6) is 5.69. The maximum Gasteiger partial charge on any atom is 0.0896 e. The molecule has 20 heavy (non-hydrogen) atoms. The van der Waals surface area contributed by atoms with Crippen molar-refractivity contribution in [3.63, 3.8) is 0 Å². The van der Waals surface area contributed by atoms with Gasteiger partial charge in [0.05, 0.1) is 21.8 Å². The summed E-state index contributed by atoms with van der Waals surface area (Å²) < 4.78 is 0. The lowest BCUT2D eigenvalue weighted by Gasteiger charge is -2.18. The highest BCUT2D eigenvalue weighted by atomic mass is 35.5. The Kier molecular flexibility index (Phi) is 5.38. The van der Waals surface area contributed by atoms with Gasteiger partial charge in [0.2, 0.25) is 0 Å². The molecule has 0 aliphatic carbocycles. The maximum absolute atomic E-state index is 6.21.